The van der Waals surface area contributed by atoms with Gasteiger partial charge in [0.05, 0.1) is 6.61 Å². The molecule has 0 saturated heterocycles. The smallest absolute Gasteiger partial charge is 0.376 e. The Hall–Kier alpha value is 0.0569. The molecule has 0 aromatic carbocycles. The van der Waals surface area contributed by atoms with Gasteiger partial charge in [0, 0.05) is 19.8 Å². The quantitative estimate of drug-likeness (QED) is 0.437. The van der Waals surface area contributed by atoms with Gasteiger partial charge in [-0.1, -0.05) is 6.92 Å². The molecule has 0 saturated carbocycles. The summed E-state index contributed by atoms with van der Waals surface area (Å²) in [5.41, 5.74) is 0. The molecule has 4 nitrogen and oxygen atoms in total. The van der Waals surface area contributed by atoms with Crippen molar-refractivity contribution >= 4 is 9.53 Å². The number of hydrogen-bond donors (Lipinski definition) is 1. The van der Waals surface area contributed by atoms with Gasteiger partial charge in [-0.15, -0.1) is 0 Å². The highest BCUT2D eigenvalue weighted by Gasteiger charge is 2.12. The average Bonchev–Trinajstić information content (AvgIpc) is 2.18. The van der Waals surface area contributed by atoms with Gasteiger partial charge in [0.15, 0.2) is 0 Å². The molecule has 0 spiro atoms. The zero-order chi connectivity index (χ0) is 10.6. The first-order valence-electron chi connectivity index (χ1n) is 5.40. The Morgan fingerprint density at radius 1 is 0.929 bits per heavy atom. The van der Waals surface area contributed by atoms with E-state index in [1.165, 1.54) is 0 Å². The molecule has 0 aliphatic carbocycles. The van der Waals surface area contributed by atoms with E-state index >= 15 is 0 Å². The van der Waals surface area contributed by atoms with Gasteiger partial charge in [0.25, 0.3) is 0 Å². The van der Waals surface area contributed by atoms with Crippen LogP contribution in [0.1, 0.15) is 27.2 Å². The molecule has 86 valence electrons. The van der Waals surface area contributed by atoms with Crippen molar-refractivity contribution in [2.75, 3.05) is 32.9 Å². The fourth-order valence-electron chi connectivity index (χ4n) is 0.946. The molecule has 1 N–H and O–H groups in total. The van der Waals surface area contributed by atoms with Crippen LogP contribution in [0.2, 0.25) is 0 Å². The summed E-state index contributed by atoms with van der Waals surface area (Å²) in [6.07, 6.45) is 1.15. The van der Waals surface area contributed by atoms with Crippen molar-refractivity contribution in [3.63, 3.8) is 0 Å². The van der Waals surface area contributed by atoms with E-state index in [1.54, 1.807) is 0 Å². The Kier molecular flexibility index (Phi) is 11.2. The minimum Gasteiger partial charge on any atom is -0.376 e. The largest absolute Gasteiger partial charge is 0.484 e. The minimum atomic E-state index is -1.83. The lowest BCUT2D eigenvalue weighted by molar-refractivity contribution is 0.103. The first-order chi connectivity index (χ1) is 6.85. The number of hydrogen-bond acceptors (Lipinski definition) is 4. The topological polar surface area (TPSA) is 39.7 Å². The lowest BCUT2D eigenvalue weighted by Gasteiger charge is -2.14. The van der Waals surface area contributed by atoms with Gasteiger partial charge in [-0.25, -0.2) is 0 Å². The first-order valence-corrected chi connectivity index (χ1v) is 6.82. The van der Waals surface area contributed by atoms with Gasteiger partial charge in [-0.3, -0.25) is 0 Å². The summed E-state index contributed by atoms with van der Waals surface area (Å²) < 4.78 is 16.2. The van der Waals surface area contributed by atoms with Gasteiger partial charge in [0.1, 0.15) is 0 Å². The lowest BCUT2D eigenvalue weighted by atomic mass is 10.5. The summed E-state index contributed by atoms with van der Waals surface area (Å²) in [5, 5.41) is 3.26. The Bertz CT molecular complexity index is 110. The van der Waals surface area contributed by atoms with Crippen molar-refractivity contribution in [3.05, 3.63) is 0 Å². The third-order valence-corrected chi connectivity index (χ3v) is 3.28. The van der Waals surface area contributed by atoms with Crippen LogP contribution in [0.3, 0.4) is 0 Å². The van der Waals surface area contributed by atoms with Crippen molar-refractivity contribution in [2.24, 2.45) is 0 Å². The number of rotatable bonds is 10. The molecule has 0 aliphatic heterocycles. The van der Waals surface area contributed by atoms with E-state index in [0.29, 0.717) is 19.8 Å². The maximum Gasteiger partial charge on any atom is 0.484 e. The van der Waals surface area contributed by atoms with Crippen LogP contribution in [0.4, 0.5) is 0 Å². The van der Waals surface area contributed by atoms with Crippen molar-refractivity contribution in [1.82, 2.24) is 5.32 Å². The summed E-state index contributed by atoms with van der Waals surface area (Å²) >= 11 is 0. The Morgan fingerprint density at radius 2 is 1.57 bits per heavy atom. The van der Waals surface area contributed by atoms with Crippen LogP contribution in [0.5, 0.6) is 0 Å². The van der Waals surface area contributed by atoms with Crippen LogP contribution < -0.4 is 5.32 Å². The predicted octanol–water partition coefficient (Wildman–Crippen LogP) is 0.793. The van der Waals surface area contributed by atoms with Crippen LogP contribution in [0.25, 0.3) is 0 Å². The zero-order valence-corrected chi connectivity index (χ0v) is 10.7. The van der Waals surface area contributed by atoms with E-state index in [9.17, 15) is 0 Å². The van der Waals surface area contributed by atoms with Crippen LogP contribution in [-0.4, -0.2) is 42.4 Å². The maximum atomic E-state index is 5.50. The zero-order valence-electron chi connectivity index (χ0n) is 9.54. The van der Waals surface area contributed by atoms with Crippen LogP contribution in [0, 0.1) is 0 Å². The summed E-state index contributed by atoms with van der Waals surface area (Å²) in [6.45, 7) is 9.98. The van der Waals surface area contributed by atoms with Crippen LogP contribution in [0.15, 0.2) is 0 Å². The standard InChI is InChI=1S/C9H23NO3Si/c1-4-7-10-8-9-13-14(11-5-2)12-6-3/h10,14H,4-9H2,1-3H3. The van der Waals surface area contributed by atoms with E-state index in [-0.39, 0.29) is 0 Å². The molecule has 0 aromatic heterocycles. The van der Waals surface area contributed by atoms with Crippen molar-refractivity contribution < 1.29 is 13.3 Å². The second-order valence-corrected chi connectivity index (χ2v) is 4.40. The molecule has 0 fully saturated rings. The average molecular weight is 221 g/mol. The normalized spacial score (nSPS) is 11.1. The summed E-state index contributed by atoms with van der Waals surface area (Å²) in [4.78, 5) is 0. The molecule has 0 rings (SSSR count). The molecule has 0 amide bonds. The highest BCUT2D eigenvalue weighted by atomic mass is 28.3. The van der Waals surface area contributed by atoms with E-state index < -0.39 is 9.53 Å². The minimum absolute atomic E-state index is 0.666. The van der Waals surface area contributed by atoms with Crippen molar-refractivity contribution in [1.29, 1.82) is 0 Å². The first kappa shape index (κ1) is 14.1. The van der Waals surface area contributed by atoms with E-state index in [1.807, 2.05) is 13.8 Å². The van der Waals surface area contributed by atoms with Gasteiger partial charge >= 0.3 is 9.53 Å². The molecule has 14 heavy (non-hydrogen) atoms. The fourth-order valence-corrected chi connectivity index (χ4v) is 2.09. The summed E-state index contributed by atoms with van der Waals surface area (Å²) in [7, 11) is -1.83. The molecule has 0 heterocycles. The second-order valence-electron chi connectivity index (χ2n) is 2.82. The van der Waals surface area contributed by atoms with E-state index in [0.717, 1.165) is 19.5 Å². The third-order valence-electron chi connectivity index (χ3n) is 1.57. The van der Waals surface area contributed by atoms with Crippen molar-refractivity contribution in [3.8, 4) is 0 Å². The predicted molar refractivity (Wildman–Crippen MR) is 59.5 cm³/mol. The Balaban J connectivity index is 3.30. The molecule has 0 radical (unpaired) electrons. The lowest BCUT2D eigenvalue weighted by Crippen LogP contribution is -2.31. The van der Waals surface area contributed by atoms with Crippen LogP contribution in [-0.2, 0) is 13.3 Å². The maximum absolute atomic E-state index is 5.50. The molecule has 0 bridgehead atoms. The molecule has 0 unspecified atom stereocenters. The van der Waals surface area contributed by atoms with Gasteiger partial charge in [0.2, 0.25) is 0 Å². The highest BCUT2D eigenvalue weighted by molar-refractivity contribution is 6.36. The molecular formula is C9H23NO3Si. The summed E-state index contributed by atoms with van der Waals surface area (Å²) in [6, 6.07) is 0. The molecule has 5 heteroatoms. The third kappa shape index (κ3) is 8.65. The molecular weight excluding hydrogens is 198 g/mol. The van der Waals surface area contributed by atoms with E-state index in [2.05, 4.69) is 12.2 Å². The molecule has 0 atom stereocenters. The van der Waals surface area contributed by atoms with Crippen molar-refractivity contribution in [2.45, 2.75) is 27.2 Å². The summed E-state index contributed by atoms with van der Waals surface area (Å²) in [5.74, 6) is 0. The van der Waals surface area contributed by atoms with Crippen LogP contribution >= 0.6 is 0 Å². The second kappa shape index (κ2) is 11.1. The fraction of sp³-hybridized carbons (Fsp3) is 1.00. The Morgan fingerprint density at radius 3 is 2.07 bits per heavy atom. The molecule has 0 aromatic rings. The van der Waals surface area contributed by atoms with Gasteiger partial charge < -0.3 is 18.6 Å². The Labute approximate surface area is 88.9 Å². The van der Waals surface area contributed by atoms with Gasteiger partial charge in [-0.05, 0) is 26.8 Å². The molecule has 0 aliphatic rings. The van der Waals surface area contributed by atoms with Gasteiger partial charge in [-0.2, -0.15) is 0 Å². The SMILES string of the molecule is CCCNCCO[SiH](OCC)OCC. The number of nitrogens with one attached hydrogen (secondary N) is 1. The van der Waals surface area contributed by atoms with E-state index in [4.69, 9.17) is 13.3 Å². The highest BCUT2D eigenvalue weighted by Crippen LogP contribution is 1.91. The monoisotopic (exact) mass is 221 g/mol.